The van der Waals surface area contributed by atoms with Crippen molar-refractivity contribution in [3.8, 4) is 6.07 Å². The highest BCUT2D eigenvalue weighted by Crippen LogP contribution is 2.09. The minimum atomic E-state index is -1.43. The Morgan fingerprint density at radius 2 is 1.32 bits per heavy atom. The Bertz CT molecular complexity index is 610. The summed E-state index contributed by atoms with van der Waals surface area (Å²) in [5.41, 5.74) is 3.08. The first-order valence-corrected chi connectivity index (χ1v) is 5.83. The van der Waals surface area contributed by atoms with Gasteiger partial charge in [-0.1, -0.05) is 48.6 Å². The van der Waals surface area contributed by atoms with Gasteiger partial charge in [0.05, 0.1) is 11.6 Å². The monoisotopic (exact) mass is 249 g/mol. The number of hydrogen-bond donors (Lipinski definition) is 2. The van der Waals surface area contributed by atoms with Crippen LogP contribution >= 0.6 is 0 Å². The average Bonchev–Trinajstić information content (AvgIpc) is 2.46. The summed E-state index contributed by atoms with van der Waals surface area (Å²) < 4.78 is 0. The van der Waals surface area contributed by atoms with E-state index < -0.39 is 7.12 Å². The van der Waals surface area contributed by atoms with Crippen LogP contribution in [0.4, 0.5) is 0 Å². The summed E-state index contributed by atoms with van der Waals surface area (Å²) in [6.45, 7) is 0. The first kappa shape index (κ1) is 13.1. The highest BCUT2D eigenvalue weighted by atomic mass is 16.4. The van der Waals surface area contributed by atoms with Crippen LogP contribution in [0.1, 0.15) is 16.7 Å². The molecule has 0 atom stereocenters. The minimum Gasteiger partial charge on any atom is -0.423 e. The first-order valence-electron chi connectivity index (χ1n) is 5.83. The minimum absolute atomic E-state index is 0.468. The molecule has 0 aliphatic carbocycles. The molecule has 0 unspecified atom stereocenters. The van der Waals surface area contributed by atoms with Gasteiger partial charge in [-0.05, 0) is 28.7 Å². The van der Waals surface area contributed by atoms with Gasteiger partial charge in [0, 0.05) is 0 Å². The smallest absolute Gasteiger partial charge is 0.423 e. The van der Waals surface area contributed by atoms with Gasteiger partial charge in [0.1, 0.15) is 0 Å². The number of nitriles is 1. The number of nitrogens with zero attached hydrogens (tertiary/aromatic N) is 1. The van der Waals surface area contributed by atoms with Crippen LogP contribution in [-0.2, 0) is 0 Å². The van der Waals surface area contributed by atoms with E-state index in [0.29, 0.717) is 11.0 Å². The van der Waals surface area contributed by atoms with E-state index in [9.17, 15) is 0 Å². The Kier molecular flexibility index (Phi) is 4.14. The molecule has 0 spiro atoms. The second-order valence-electron chi connectivity index (χ2n) is 4.11. The molecular weight excluding hydrogens is 237 g/mol. The van der Waals surface area contributed by atoms with Crippen molar-refractivity contribution in [1.82, 2.24) is 0 Å². The van der Waals surface area contributed by atoms with Crippen molar-refractivity contribution in [1.29, 1.82) is 5.26 Å². The Balaban J connectivity index is 2.11. The maximum Gasteiger partial charge on any atom is 0.488 e. The fourth-order valence-corrected chi connectivity index (χ4v) is 1.64. The molecule has 0 aliphatic rings. The lowest BCUT2D eigenvalue weighted by Gasteiger charge is -1.99. The maximum absolute atomic E-state index is 8.98. The van der Waals surface area contributed by atoms with Crippen LogP contribution in [0.15, 0.2) is 48.5 Å². The molecule has 0 fully saturated rings. The maximum atomic E-state index is 8.98. The van der Waals surface area contributed by atoms with Crippen LogP contribution in [-0.4, -0.2) is 17.2 Å². The molecule has 0 heterocycles. The molecule has 0 aromatic heterocycles. The molecular formula is C15H12BNO2. The predicted octanol–water partition coefficient (Wildman–Crippen LogP) is 1.41. The zero-order valence-electron chi connectivity index (χ0n) is 10.2. The normalized spacial score (nSPS) is 10.4. The van der Waals surface area contributed by atoms with Gasteiger partial charge in [0.25, 0.3) is 0 Å². The van der Waals surface area contributed by atoms with Crippen LogP contribution in [0.2, 0.25) is 0 Å². The molecule has 0 radical (unpaired) electrons. The Morgan fingerprint density at radius 3 is 1.74 bits per heavy atom. The summed E-state index contributed by atoms with van der Waals surface area (Å²) in [6.07, 6.45) is 3.86. The van der Waals surface area contributed by atoms with Crippen molar-refractivity contribution < 1.29 is 10.0 Å². The van der Waals surface area contributed by atoms with Crippen molar-refractivity contribution in [3.05, 3.63) is 65.2 Å². The van der Waals surface area contributed by atoms with E-state index in [1.807, 2.05) is 36.4 Å². The first-order chi connectivity index (χ1) is 9.19. The SMILES string of the molecule is N#Cc1ccc(/C=C/c2ccc(B(O)O)cc2)cc1. The van der Waals surface area contributed by atoms with E-state index in [1.165, 1.54) is 0 Å². The lowest BCUT2D eigenvalue weighted by molar-refractivity contribution is 0.426. The van der Waals surface area contributed by atoms with E-state index in [0.717, 1.165) is 11.1 Å². The fraction of sp³-hybridized carbons (Fsp3) is 0. The van der Waals surface area contributed by atoms with Crippen molar-refractivity contribution in [2.75, 3.05) is 0 Å². The van der Waals surface area contributed by atoms with E-state index in [1.54, 1.807) is 24.3 Å². The van der Waals surface area contributed by atoms with Crippen LogP contribution < -0.4 is 5.46 Å². The quantitative estimate of drug-likeness (QED) is 0.638. The van der Waals surface area contributed by atoms with E-state index in [-0.39, 0.29) is 0 Å². The molecule has 2 rings (SSSR count). The molecule has 0 bridgehead atoms. The summed E-state index contributed by atoms with van der Waals surface area (Å²) >= 11 is 0. The van der Waals surface area contributed by atoms with E-state index in [4.69, 9.17) is 15.3 Å². The highest BCUT2D eigenvalue weighted by Gasteiger charge is 2.08. The molecule has 0 amide bonds. The van der Waals surface area contributed by atoms with Gasteiger partial charge >= 0.3 is 7.12 Å². The molecule has 2 aromatic rings. The Morgan fingerprint density at radius 1 is 0.842 bits per heavy atom. The van der Waals surface area contributed by atoms with Gasteiger partial charge in [-0.15, -0.1) is 0 Å². The average molecular weight is 249 g/mol. The standard InChI is InChI=1S/C15H12BNO2/c17-11-14-5-3-12(4-6-14)1-2-13-7-9-15(10-8-13)16(18)19/h1-10,18-19H/b2-1+. The molecule has 4 heteroatoms. The fourth-order valence-electron chi connectivity index (χ4n) is 1.64. The molecule has 0 saturated heterocycles. The van der Waals surface area contributed by atoms with Crippen LogP contribution in [0.5, 0.6) is 0 Å². The van der Waals surface area contributed by atoms with Crippen LogP contribution in [0.3, 0.4) is 0 Å². The summed E-state index contributed by atoms with van der Waals surface area (Å²) in [6, 6.07) is 16.3. The van der Waals surface area contributed by atoms with Crippen molar-refractivity contribution in [3.63, 3.8) is 0 Å². The van der Waals surface area contributed by atoms with Gasteiger partial charge < -0.3 is 10.0 Å². The zero-order chi connectivity index (χ0) is 13.7. The lowest BCUT2D eigenvalue weighted by Crippen LogP contribution is -2.29. The summed E-state index contributed by atoms with van der Waals surface area (Å²) in [5.74, 6) is 0. The van der Waals surface area contributed by atoms with Gasteiger partial charge in [0.15, 0.2) is 0 Å². The molecule has 3 nitrogen and oxygen atoms in total. The summed E-state index contributed by atoms with van der Waals surface area (Å²) in [7, 11) is -1.43. The summed E-state index contributed by atoms with van der Waals surface area (Å²) in [4.78, 5) is 0. The molecule has 2 aromatic carbocycles. The largest absolute Gasteiger partial charge is 0.488 e. The third-order valence-corrected chi connectivity index (χ3v) is 2.74. The lowest BCUT2D eigenvalue weighted by atomic mass is 9.80. The zero-order valence-corrected chi connectivity index (χ0v) is 10.2. The number of rotatable bonds is 3. The molecule has 0 aliphatic heterocycles. The van der Waals surface area contributed by atoms with Crippen LogP contribution in [0.25, 0.3) is 12.2 Å². The van der Waals surface area contributed by atoms with Gasteiger partial charge in [0.2, 0.25) is 0 Å². The Labute approximate surface area is 112 Å². The van der Waals surface area contributed by atoms with E-state index >= 15 is 0 Å². The van der Waals surface area contributed by atoms with Gasteiger partial charge in [-0.2, -0.15) is 5.26 Å². The second kappa shape index (κ2) is 6.01. The van der Waals surface area contributed by atoms with Gasteiger partial charge in [-0.3, -0.25) is 0 Å². The van der Waals surface area contributed by atoms with Crippen LogP contribution in [0, 0.1) is 11.3 Å². The highest BCUT2D eigenvalue weighted by molar-refractivity contribution is 6.58. The number of hydrogen-bond acceptors (Lipinski definition) is 3. The topological polar surface area (TPSA) is 64.2 Å². The predicted molar refractivity (Wildman–Crippen MR) is 76.4 cm³/mol. The van der Waals surface area contributed by atoms with Crippen molar-refractivity contribution in [2.24, 2.45) is 0 Å². The third-order valence-electron chi connectivity index (χ3n) is 2.74. The molecule has 92 valence electrons. The van der Waals surface area contributed by atoms with Crippen molar-refractivity contribution in [2.45, 2.75) is 0 Å². The second-order valence-corrected chi connectivity index (χ2v) is 4.11. The summed E-state index contributed by atoms with van der Waals surface area (Å²) in [5, 5.41) is 26.7. The van der Waals surface area contributed by atoms with E-state index in [2.05, 4.69) is 6.07 Å². The third kappa shape index (κ3) is 3.55. The molecule has 0 saturated carbocycles. The van der Waals surface area contributed by atoms with Gasteiger partial charge in [-0.25, -0.2) is 0 Å². The Hall–Kier alpha value is -2.35. The van der Waals surface area contributed by atoms with Crippen molar-refractivity contribution >= 4 is 24.7 Å². The number of benzene rings is 2. The molecule has 19 heavy (non-hydrogen) atoms. The molecule has 2 N–H and O–H groups in total.